The number of hydrogen-bond donors (Lipinski definition) is 0. The number of nitriles is 2. The van der Waals surface area contributed by atoms with E-state index < -0.39 is 0 Å². The number of rotatable bonds is 6. The number of imidazole rings is 6. The molecule has 0 saturated heterocycles. The van der Waals surface area contributed by atoms with Crippen LogP contribution in [-0.2, 0) is 109 Å². The van der Waals surface area contributed by atoms with Crippen LogP contribution in [0.3, 0.4) is 0 Å². The van der Waals surface area contributed by atoms with Crippen LogP contribution >= 0.6 is 0 Å². The van der Waals surface area contributed by atoms with Crippen LogP contribution in [0, 0.1) is 22.7 Å². The molecule has 6 rings (SSSR count). The van der Waals surface area contributed by atoms with Gasteiger partial charge in [0.2, 0.25) is 0 Å². The molecule has 0 amide bonds. The second-order valence-electron chi connectivity index (χ2n) is 22.3. The third kappa shape index (κ3) is 20.4. The summed E-state index contributed by atoms with van der Waals surface area (Å²) in [6.45, 7) is 41.5. The molecule has 0 aliphatic carbocycles. The molecule has 0 aromatic carbocycles. The zero-order chi connectivity index (χ0) is 52.4. The van der Waals surface area contributed by atoms with Crippen molar-refractivity contribution in [3.8, 4) is 12.1 Å². The molecule has 0 unspecified atom stereocenters. The Labute approximate surface area is 591 Å². The first-order valence-electron chi connectivity index (χ1n) is 22.3. The van der Waals surface area contributed by atoms with Crippen molar-refractivity contribution in [3.05, 3.63) is 74.4 Å². The summed E-state index contributed by atoms with van der Waals surface area (Å²) in [6, 6.07) is 3.50. The van der Waals surface area contributed by atoms with E-state index in [9.17, 15) is 0 Å². The Morgan fingerprint density at radius 3 is 0.480 bits per heavy atom. The van der Waals surface area contributed by atoms with Gasteiger partial charge in [0.05, 0.1) is 80.3 Å². The van der Waals surface area contributed by atoms with Crippen LogP contribution in [0.1, 0.15) is 138 Å². The Balaban J connectivity index is -0.000000363. The maximum absolute atomic E-state index is 7.32. The number of hydrogen-bond acceptors (Lipinski definition) is 8. The third-order valence-electron chi connectivity index (χ3n) is 10.6. The minimum Gasteiger partial charge on any atom is -1.00 e. The maximum atomic E-state index is 7.32. The number of aromatic nitrogens is 12. The third-order valence-corrected chi connectivity index (χ3v) is 13.1. The Kier molecular flexibility index (Phi) is 37.1. The fraction of sp³-hybridized carbons (Fsp3) is 0.565. The molecule has 0 saturated carbocycles. The van der Waals surface area contributed by atoms with Crippen molar-refractivity contribution in [2.24, 2.45) is 0 Å². The largest absolute Gasteiger partial charge is 1.00 e. The summed E-state index contributed by atoms with van der Waals surface area (Å²) in [6.07, 6.45) is 24.3. The standard InChI is InChI=1S/2C21H33BN6S3.2C2H3N.3Ga.4HI/c2*1-19(2,3)23-10-13-26(16(23)29)22(27-14-11-24(17(27)30)20(4,5)6)28-15-12-25(18(28)31)21(7,8)9;2*1-2-3;;;;;;;/h2*10-15H,1-9H3;2*1H3;;;;4*1H/q2*-1;;;;;;;;;/p-4. The van der Waals surface area contributed by atoms with E-state index in [1.165, 1.54) is 13.8 Å². The van der Waals surface area contributed by atoms with Gasteiger partial charge in [0, 0.05) is 73.2 Å². The Bertz CT molecular complexity index is 2310. The van der Waals surface area contributed by atoms with Crippen LogP contribution < -0.4 is 123 Å². The van der Waals surface area contributed by atoms with Crippen LogP contribution in [-0.4, -0.2) is 101 Å². The first kappa shape index (κ1) is 84.3. The predicted molar refractivity (Wildman–Crippen MR) is 295 cm³/mol. The van der Waals surface area contributed by atoms with E-state index in [0.29, 0.717) is 30.9 Å². The van der Waals surface area contributed by atoms with Crippen LogP contribution in [0.15, 0.2) is 105 Å². The van der Waals surface area contributed by atoms with Gasteiger partial charge in [-0.3, -0.25) is 27.4 Å². The van der Waals surface area contributed by atoms with E-state index in [-0.39, 0.29) is 203 Å². The van der Waals surface area contributed by atoms with E-state index in [1.807, 2.05) is 74.4 Å². The molecule has 6 aromatic heterocycles. The molecule has 29 heteroatoms. The van der Waals surface area contributed by atoms with Gasteiger partial charge in [0.25, 0.3) is 0 Å². The summed E-state index contributed by atoms with van der Waals surface area (Å²) in [4.78, 5) is 0. The molecule has 0 aliphatic heterocycles. The monoisotopic (exact) mass is 1750 g/mol. The summed E-state index contributed by atoms with van der Waals surface area (Å²) >= 11 is 35.5. The molecule has 0 spiro atoms. The molecule has 75 heavy (non-hydrogen) atoms. The molecule has 14 nitrogen and oxygen atoms in total. The van der Waals surface area contributed by atoms with Gasteiger partial charge in [-0.25, -0.2) is 0 Å². The second-order valence-corrected chi connectivity index (χ2v) is 24.5. The van der Waals surface area contributed by atoms with E-state index in [2.05, 4.69) is 179 Å². The van der Waals surface area contributed by atoms with Gasteiger partial charge in [-0.15, -0.1) is 0 Å². The van der Waals surface area contributed by atoms with Gasteiger partial charge in [0.15, 0.2) is 0 Å². The molecule has 0 bridgehead atoms. The van der Waals surface area contributed by atoms with Crippen LogP contribution in [0.25, 0.3) is 0 Å². The summed E-state index contributed by atoms with van der Waals surface area (Å²) in [5, 5.41) is 18.9. The van der Waals surface area contributed by atoms with Crippen LogP contribution in [0.2, 0.25) is 0 Å². The van der Waals surface area contributed by atoms with E-state index in [4.69, 9.17) is 86.3 Å². The Hall–Kier alpha value is 0.519. The second kappa shape index (κ2) is 33.0. The number of halogens is 4. The van der Waals surface area contributed by atoms with Gasteiger partial charge in [-0.1, -0.05) is 0 Å². The molecule has 0 atom stereocenters. The topological polar surface area (TPSA) is 100 Å². The van der Waals surface area contributed by atoms with E-state index in [0.717, 1.165) is 0 Å². The Morgan fingerprint density at radius 2 is 0.413 bits per heavy atom. The number of nitrogens with zero attached hydrogens (tertiary/aromatic N) is 14. The van der Waals surface area contributed by atoms with Crippen LogP contribution in [0.4, 0.5) is 0 Å². The molecular weight excluding hydrogens is 1680 g/mol. The minimum absolute atomic E-state index is 0. The molecule has 6 aromatic rings. The zero-order valence-electron chi connectivity index (χ0n) is 47.0. The van der Waals surface area contributed by atoms with Gasteiger partial charge < -0.3 is 199 Å². The summed E-state index contributed by atoms with van der Waals surface area (Å²) in [5.41, 5.74) is -0.807. The summed E-state index contributed by atoms with van der Waals surface area (Å²) < 4.78 is 25.0. The van der Waals surface area contributed by atoms with Gasteiger partial charge >= 0.3 is 14.2 Å². The van der Waals surface area contributed by atoms with Crippen molar-refractivity contribution in [2.75, 3.05) is 0 Å². The van der Waals surface area contributed by atoms with Gasteiger partial charge in [0.1, 0.15) is 70.4 Å². The van der Waals surface area contributed by atoms with Crippen molar-refractivity contribution in [1.82, 2.24) is 27.4 Å². The van der Waals surface area contributed by atoms with Crippen LogP contribution in [0.5, 0.6) is 0 Å². The van der Waals surface area contributed by atoms with Gasteiger partial charge in [-0.05, 0) is 125 Å². The van der Waals surface area contributed by atoms with Crippen molar-refractivity contribution in [2.45, 2.75) is 203 Å². The van der Waals surface area contributed by atoms with E-state index >= 15 is 0 Å². The summed E-state index contributed by atoms with van der Waals surface area (Å²) in [5.74, 6) is 0. The first-order chi connectivity index (χ1) is 30.9. The predicted octanol–water partition coefficient (Wildman–Crippen LogP) is -8.34. The molecule has 11 radical (unpaired) electrons. The van der Waals surface area contributed by atoms with Crippen molar-refractivity contribution in [3.63, 3.8) is 0 Å². The van der Waals surface area contributed by atoms with E-state index in [1.54, 1.807) is 12.1 Å². The zero-order valence-corrected chi connectivity index (χ0v) is 67.8. The molecule has 6 heterocycles. The molecule has 411 valence electrons. The Morgan fingerprint density at radius 1 is 0.320 bits per heavy atom. The fourth-order valence-corrected chi connectivity index (χ4v) is 10.2. The fourth-order valence-electron chi connectivity index (χ4n) is 7.26. The molecular formula is C46H72B2Ga3I4N14S6-6. The average Bonchev–Trinajstić information content (AvgIpc) is 4.03. The summed E-state index contributed by atoms with van der Waals surface area (Å²) in [7, 11) is -0.688. The van der Waals surface area contributed by atoms with Crippen molar-refractivity contribution >= 4 is 149 Å². The quantitative estimate of drug-likeness (QED) is 0.0924. The molecule has 0 aliphatic rings. The first-order valence-corrected chi connectivity index (χ1v) is 24.8. The minimum atomic E-state index is -0.344. The maximum Gasteiger partial charge on any atom is 0.579 e. The smallest absolute Gasteiger partial charge is 0.579 e. The molecule has 0 fully saturated rings. The van der Waals surface area contributed by atoms with Crippen molar-refractivity contribution < 1.29 is 123 Å². The van der Waals surface area contributed by atoms with Gasteiger partial charge in [-0.2, -0.15) is 10.5 Å². The normalized spacial score (nSPS) is 11.3. The SMILES string of the molecule is CC#N.CC#N.CC(C)(C)n1cc[n+]([B-]([n+]2ccn(C(C)(C)C)c2[S-])[n+]2ccn(C(C)(C)C)c2[S-])c1[S-].CC(C)(C)n1cc[n+]([B-]([n+]2ccn(C(C)(C)C)c2[S-])[n+]2ccn(C(C)(C)C)c2[S-])c1[S-].[Ga].[Ga].[Ga].[I-].[I-].[I-].[I-]. The van der Waals surface area contributed by atoms with Crippen molar-refractivity contribution in [1.29, 1.82) is 10.5 Å². The average molecular weight is 1750 g/mol. The molecule has 0 N–H and O–H groups in total.